The fourth-order valence-electron chi connectivity index (χ4n) is 2.78. The van der Waals surface area contributed by atoms with E-state index in [1.54, 1.807) is 6.21 Å². The molecule has 0 spiro atoms. The Hall–Kier alpha value is -0.410. The minimum Gasteiger partial charge on any atom is -0.311 e. The van der Waals surface area contributed by atoms with Gasteiger partial charge in [0.2, 0.25) is 0 Å². The van der Waals surface area contributed by atoms with Crippen molar-refractivity contribution in [1.29, 1.82) is 5.41 Å². The summed E-state index contributed by atoms with van der Waals surface area (Å²) in [6.07, 6.45) is 7.74. The molecule has 0 aromatic carbocycles. The number of fused-ring (bicyclic) bond motifs is 1. The van der Waals surface area contributed by atoms with Crippen molar-refractivity contribution in [2.45, 2.75) is 56.7 Å². The molecule has 14 heavy (non-hydrogen) atoms. The van der Waals surface area contributed by atoms with E-state index < -0.39 is 0 Å². The second-order valence-electron chi connectivity index (χ2n) is 4.64. The van der Waals surface area contributed by atoms with Gasteiger partial charge in [-0.1, -0.05) is 19.8 Å². The molecule has 0 amide bonds. The molecule has 1 saturated heterocycles. The monoisotopic (exact) mass is 195 g/mol. The fraction of sp³-hybridized carbons (Fsp3) is 0.909. The number of hydrogen-bond acceptors (Lipinski definition) is 3. The van der Waals surface area contributed by atoms with Gasteiger partial charge < -0.3 is 16.0 Å². The van der Waals surface area contributed by atoms with Crippen LogP contribution < -0.4 is 10.6 Å². The molecule has 0 aromatic rings. The molecule has 1 heterocycles. The minimum absolute atomic E-state index is 0.0239. The summed E-state index contributed by atoms with van der Waals surface area (Å²) >= 11 is 0. The molecule has 2 rings (SSSR count). The Labute approximate surface area is 86.2 Å². The Bertz CT molecular complexity index is 217. The number of hydrogen-bond donors (Lipinski definition) is 3. The summed E-state index contributed by atoms with van der Waals surface area (Å²) < 4.78 is 0. The highest BCUT2D eigenvalue weighted by atomic mass is 15.2. The zero-order valence-electron chi connectivity index (χ0n) is 8.97. The summed E-state index contributed by atoms with van der Waals surface area (Å²) in [5.41, 5.74) is -0.0239. The van der Waals surface area contributed by atoms with Crippen molar-refractivity contribution in [3.8, 4) is 0 Å². The van der Waals surface area contributed by atoms with Gasteiger partial charge in [0, 0.05) is 24.8 Å². The number of nitrogens with one attached hydrogen (secondary N) is 3. The lowest BCUT2D eigenvalue weighted by Crippen LogP contribution is -2.70. The van der Waals surface area contributed by atoms with Crippen LogP contribution in [0.1, 0.15) is 39.0 Å². The average molecular weight is 195 g/mol. The zero-order valence-corrected chi connectivity index (χ0v) is 8.97. The van der Waals surface area contributed by atoms with Crippen molar-refractivity contribution in [1.82, 2.24) is 10.6 Å². The maximum absolute atomic E-state index is 7.61. The molecule has 0 aromatic heterocycles. The van der Waals surface area contributed by atoms with Crippen LogP contribution in [-0.2, 0) is 0 Å². The van der Waals surface area contributed by atoms with Crippen molar-refractivity contribution in [2.75, 3.05) is 6.54 Å². The van der Waals surface area contributed by atoms with E-state index in [0.29, 0.717) is 12.1 Å². The van der Waals surface area contributed by atoms with Gasteiger partial charge in [-0.2, -0.15) is 0 Å². The van der Waals surface area contributed by atoms with Crippen molar-refractivity contribution in [2.24, 2.45) is 0 Å². The first kappa shape index (κ1) is 10.1. The molecule has 1 aliphatic carbocycles. The van der Waals surface area contributed by atoms with Crippen LogP contribution in [0.25, 0.3) is 0 Å². The summed E-state index contributed by atoms with van der Waals surface area (Å²) in [6.45, 7) is 3.24. The Kier molecular flexibility index (Phi) is 2.88. The molecule has 3 unspecified atom stereocenters. The SMILES string of the molecule is CCC1CNC2(C=N)CCCCC2N1. The molecule has 0 radical (unpaired) electrons. The quantitative estimate of drug-likeness (QED) is 0.581. The number of rotatable bonds is 2. The fourth-order valence-corrected chi connectivity index (χ4v) is 2.78. The first-order valence-corrected chi connectivity index (χ1v) is 5.83. The van der Waals surface area contributed by atoms with Crippen LogP contribution in [0.3, 0.4) is 0 Å². The molecule has 3 N–H and O–H groups in total. The molecule has 3 heteroatoms. The topological polar surface area (TPSA) is 47.9 Å². The van der Waals surface area contributed by atoms with Crippen LogP contribution in [-0.4, -0.2) is 30.4 Å². The molecule has 3 atom stereocenters. The predicted molar refractivity (Wildman–Crippen MR) is 59.0 cm³/mol. The summed E-state index contributed by atoms with van der Waals surface area (Å²) in [4.78, 5) is 0. The highest BCUT2D eigenvalue weighted by molar-refractivity contribution is 5.69. The van der Waals surface area contributed by atoms with Crippen LogP contribution in [0.4, 0.5) is 0 Å². The lowest BCUT2D eigenvalue weighted by atomic mass is 9.76. The van der Waals surface area contributed by atoms with E-state index in [2.05, 4.69) is 17.6 Å². The highest BCUT2D eigenvalue weighted by Gasteiger charge is 2.42. The van der Waals surface area contributed by atoms with Gasteiger partial charge in [0.15, 0.2) is 0 Å². The van der Waals surface area contributed by atoms with Gasteiger partial charge in [0.1, 0.15) is 0 Å². The van der Waals surface area contributed by atoms with Crippen LogP contribution >= 0.6 is 0 Å². The van der Waals surface area contributed by atoms with Crippen molar-refractivity contribution in [3.63, 3.8) is 0 Å². The largest absolute Gasteiger partial charge is 0.311 e. The van der Waals surface area contributed by atoms with Crippen LogP contribution in [0.2, 0.25) is 0 Å². The average Bonchev–Trinajstić information content (AvgIpc) is 2.28. The molecule has 1 aliphatic heterocycles. The normalized spacial score (nSPS) is 42.9. The predicted octanol–water partition coefficient (Wildman–Crippen LogP) is 1.29. The summed E-state index contributed by atoms with van der Waals surface area (Å²) in [5.74, 6) is 0. The summed E-state index contributed by atoms with van der Waals surface area (Å²) in [7, 11) is 0. The standard InChI is InChI=1S/C11H21N3/c1-2-9-7-13-11(8-12)6-4-3-5-10(11)14-9/h8-10,12-14H,2-7H2,1H3. The van der Waals surface area contributed by atoms with Gasteiger partial charge in [0.05, 0.1) is 5.54 Å². The minimum atomic E-state index is -0.0239. The van der Waals surface area contributed by atoms with Crippen molar-refractivity contribution < 1.29 is 0 Å². The van der Waals surface area contributed by atoms with Gasteiger partial charge in [-0.05, 0) is 19.3 Å². The van der Waals surface area contributed by atoms with Crippen LogP contribution in [0, 0.1) is 5.41 Å². The van der Waals surface area contributed by atoms with Gasteiger partial charge in [0.25, 0.3) is 0 Å². The molecule has 1 saturated carbocycles. The van der Waals surface area contributed by atoms with E-state index in [4.69, 9.17) is 5.41 Å². The van der Waals surface area contributed by atoms with Crippen LogP contribution in [0.15, 0.2) is 0 Å². The zero-order chi connectivity index (χ0) is 10.0. The molecule has 80 valence electrons. The maximum Gasteiger partial charge on any atom is 0.0687 e. The van der Waals surface area contributed by atoms with Gasteiger partial charge in [-0.25, -0.2) is 0 Å². The van der Waals surface area contributed by atoms with E-state index in [9.17, 15) is 0 Å². The first-order chi connectivity index (χ1) is 6.80. The van der Waals surface area contributed by atoms with Gasteiger partial charge in [-0.15, -0.1) is 0 Å². The third-order valence-electron chi connectivity index (χ3n) is 3.82. The van der Waals surface area contributed by atoms with E-state index >= 15 is 0 Å². The van der Waals surface area contributed by atoms with Crippen molar-refractivity contribution in [3.05, 3.63) is 0 Å². The third-order valence-corrected chi connectivity index (χ3v) is 3.82. The molecule has 2 aliphatic rings. The Morgan fingerprint density at radius 3 is 3.07 bits per heavy atom. The second kappa shape index (κ2) is 3.99. The first-order valence-electron chi connectivity index (χ1n) is 5.83. The molecule has 0 bridgehead atoms. The van der Waals surface area contributed by atoms with E-state index in [1.807, 2.05) is 0 Å². The van der Waals surface area contributed by atoms with Gasteiger partial charge in [-0.3, -0.25) is 0 Å². The lowest BCUT2D eigenvalue weighted by molar-refractivity contribution is 0.171. The Morgan fingerprint density at radius 2 is 2.36 bits per heavy atom. The third kappa shape index (κ3) is 1.59. The number of piperazine rings is 1. The molecular formula is C11H21N3. The maximum atomic E-state index is 7.61. The summed E-state index contributed by atoms with van der Waals surface area (Å²) in [5, 5.41) is 14.9. The van der Waals surface area contributed by atoms with E-state index in [0.717, 1.165) is 13.0 Å². The Morgan fingerprint density at radius 1 is 1.50 bits per heavy atom. The summed E-state index contributed by atoms with van der Waals surface area (Å²) in [6, 6.07) is 1.10. The Balaban J connectivity index is 2.09. The van der Waals surface area contributed by atoms with Crippen molar-refractivity contribution >= 4 is 6.21 Å². The molecular weight excluding hydrogens is 174 g/mol. The van der Waals surface area contributed by atoms with Gasteiger partial charge >= 0.3 is 0 Å². The van der Waals surface area contributed by atoms with E-state index in [1.165, 1.54) is 25.7 Å². The molecule has 3 nitrogen and oxygen atoms in total. The van der Waals surface area contributed by atoms with E-state index in [-0.39, 0.29) is 5.54 Å². The smallest absolute Gasteiger partial charge is 0.0687 e. The lowest BCUT2D eigenvalue weighted by Gasteiger charge is -2.48. The highest BCUT2D eigenvalue weighted by Crippen LogP contribution is 2.29. The van der Waals surface area contributed by atoms with Crippen LogP contribution in [0.5, 0.6) is 0 Å². The second-order valence-corrected chi connectivity index (χ2v) is 4.64. The molecule has 2 fully saturated rings.